The van der Waals surface area contributed by atoms with Gasteiger partial charge in [-0.2, -0.15) is 0 Å². The molecule has 1 aromatic rings. The predicted octanol–water partition coefficient (Wildman–Crippen LogP) is 3.01. The minimum Gasteiger partial charge on any atom is -0.467 e. The number of methoxy groups -OCH3 is 1. The molecule has 2 N–H and O–H groups in total. The molecular formula is C16H24N2O3. The Kier molecular flexibility index (Phi) is 6.21. The van der Waals surface area contributed by atoms with Gasteiger partial charge in [0.25, 0.3) is 0 Å². The molecule has 1 aromatic carbocycles. The van der Waals surface area contributed by atoms with E-state index < -0.39 is 18.0 Å². The smallest absolute Gasteiger partial charge is 0.328 e. The van der Waals surface area contributed by atoms with Crippen molar-refractivity contribution in [3.63, 3.8) is 0 Å². The second-order valence-corrected chi connectivity index (χ2v) is 5.62. The van der Waals surface area contributed by atoms with Gasteiger partial charge in [-0.15, -0.1) is 0 Å². The summed E-state index contributed by atoms with van der Waals surface area (Å²) in [6.07, 6.45) is 0.535. The standard InChI is InChI=1S/C16H24N2O3/c1-10(2)8-14(15(19)21-5)18-16(20)17-13-9-11(3)6-7-12(13)4/h6-7,9-10,14H,8H2,1-5H3,(H2,17,18,20)/t14-/m0/s1. The molecule has 0 heterocycles. The topological polar surface area (TPSA) is 67.4 Å². The number of benzene rings is 1. The molecule has 0 aliphatic rings. The molecule has 0 spiro atoms. The fourth-order valence-electron chi connectivity index (χ4n) is 2.01. The van der Waals surface area contributed by atoms with Crippen molar-refractivity contribution in [3.05, 3.63) is 29.3 Å². The highest BCUT2D eigenvalue weighted by atomic mass is 16.5. The molecule has 0 fully saturated rings. The highest BCUT2D eigenvalue weighted by Crippen LogP contribution is 2.16. The summed E-state index contributed by atoms with van der Waals surface area (Å²) in [6, 6.07) is 4.77. The Morgan fingerprint density at radius 2 is 1.90 bits per heavy atom. The number of carbonyl (C=O) groups is 2. The summed E-state index contributed by atoms with van der Waals surface area (Å²) in [5.41, 5.74) is 2.76. The fraction of sp³-hybridized carbons (Fsp3) is 0.500. The maximum Gasteiger partial charge on any atom is 0.328 e. The van der Waals surface area contributed by atoms with Crippen molar-refractivity contribution < 1.29 is 14.3 Å². The van der Waals surface area contributed by atoms with E-state index in [1.165, 1.54) is 7.11 Å². The van der Waals surface area contributed by atoms with Crippen LogP contribution in [0, 0.1) is 19.8 Å². The average Bonchev–Trinajstić information content (AvgIpc) is 2.40. The molecular weight excluding hydrogens is 268 g/mol. The van der Waals surface area contributed by atoms with E-state index in [0.29, 0.717) is 6.42 Å². The Hall–Kier alpha value is -2.04. The van der Waals surface area contributed by atoms with Crippen molar-refractivity contribution in [3.8, 4) is 0 Å². The number of hydrogen-bond donors (Lipinski definition) is 2. The lowest BCUT2D eigenvalue weighted by atomic mass is 10.0. The zero-order chi connectivity index (χ0) is 16.0. The lowest BCUT2D eigenvalue weighted by Gasteiger charge is -2.19. The molecule has 1 atom stereocenters. The van der Waals surface area contributed by atoms with Crippen LogP contribution in [0.15, 0.2) is 18.2 Å². The van der Waals surface area contributed by atoms with E-state index in [2.05, 4.69) is 10.6 Å². The van der Waals surface area contributed by atoms with Gasteiger partial charge in [0.05, 0.1) is 7.11 Å². The van der Waals surface area contributed by atoms with Gasteiger partial charge in [0.1, 0.15) is 6.04 Å². The highest BCUT2D eigenvalue weighted by Gasteiger charge is 2.22. The number of hydrogen-bond acceptors (Lipinski definition) is 3. The maximum absolute atomic E-state index is 12.1. The van der Waals surface area contributed by atoms with E-state index in [9.17, 15) is 9.59 Å². The van der Waals surface area contributed by atoms with Crippen molar-refractivity contribution in [2.24, 2.45) is 5.92 Å². The minimum absolute atomic E-state index is 0.273. The van der Waals surface area contributed by atoms with Crippen LogP contribution in [0.1, 0.15) is 31.4 Å². The number of carbonyl (C=O) groups excluding carboxylic acids is 2. The Balaban J connectivity index is 2.73. The normalized spacial score (nSPS) is 11.9. The van der Waals surface area contributed by atoms with Crippen LogP contribution in [0.3, 0.4) is 0 Å². The second kappa shape index (κ2) is 7.67. The first-order chi connectivity index (χ1) is 9.83. The summed E-state index contributed by atoms with van der Waals surface area (Å²) in [5, 5.41) is 5.45. The van der Waals surface area contributed by atoms with Gasteiger partial charge in [-0.3, -0.25) is 0 Å². The fourth-order valence-corrected chi connectivity index (χ4v) is 2.01. The van der Waals surface area contributed by atoms with Crippen LogP contribution in [0.2, 0.25) is 0 Å². The summed E-state index contributed by atoms with van der Waals surface area (Å²) < 4.78 is 4.73. The van der Waals surface area contributed by atoms with Gasteiger partial charge in [-0.05, 0) is 43.4 Å². The minimum atomic E-state index is -0.639. The van der Waals surface area contributed by atoms with Gasteiger partial charge in [-0.1, -0.05) is 26.0 Å². The van der Waals surface area contributed by atoms with E-state index in [0.717, 1.165) is 16.8 Å². The number of rotatable bonds is 5. The number of ether oxygens (including phenoxy) is 1. The molecule has 5 nitrogen and oxygen atoms in total. The molecule has 0 aromatic heterocycles. The van der Waals surface area contributed by atoms with Crippen molar-refractivity contribution in [2.75, 3.05) is 12.4 Å². The van der Waals surface area contributed by atoms with Gasteiger partial charge < -0.3 is 15.4 Å². The lowest BCUT2D eigenvalue weighted by Crippen LogP contribution is -2.44. The number of nitrogens with one attached hydrogen (secondary N) is 2. The van der Waals surface area contributed by atoms with Crippen molar-refractivity contribution in [1.29, 1.82) is 0 Å². The Morgan fingerprint density at radius 1 is 1.24 bits per heavy atom. The van der Waals surface area contributed by atoms with Gasteiger partial charge >= 0.3 is 12.0 Å². The quantitative estimate of drug-likeness (QED) is 0.820. The van der Waals surface area contributed by atoms with Gasteiger partial charge in [-0.25, -0.2) is 9.59 Å². The number of urea groups is 1. The maximum atomic E-state index is 12.1. The van der Waals surface area contributed by atoms with Crippen LogP contribution in [0.25, 0.3) is 0 Å². The summed E-state index contributed by atoms with van der Waals surface area (Å²) in [7, 11) is 1.32. The Bertz CT molecular complexity index is 512. The first-order valence-corrected chi connectivity index (χ1v) is 7.06. The molecule has 2 amide bonds. The second-order valence-electron chi connectivity index (χ2n) is 5.62. The average molecular weight is 292 g/mol. The summed E-state index contributed by atoms with van der Waals surface area (Å²) in [6.45, 7) is 7.85. The Labute approximate surface area is 126 Å². The zero-order valence-electron chi connectivity index (χ0n) is 13.3. The number of anilines is 1. The van der Waals surface area contributed by atoms with Crippen LogP contribution in [-0.4, -0.2) is 25.2 Å². The third-order valence-corrected chi connectivity index (χ3v) is 3.14. The number of aryl methyl sites for hydroxylation is 2. The summed E-state index contributed by atoms with van der Waals surface area (Å²) in [5.74, 6) is -0.157. The molecule has 1 rings (SSSR count). The van der Waals surface area contributed by atoms with Crippen molar-refractivity contribution in [1.82, 2.24) is 5.32 Å². The lowest BCUT2D eigenvalue weighted by molar-refractivity contribution is -0.143. The van der Waals surface area contributed by atoms with Gasteiger partial charge in [0, 0.05) is 5.69 Å². The van der Waals surface area contributed by atoms with E-state index >= 15 is 0 Å². The van der Waals surface area contributed by atoms with Crippen LogP contribution >= 0.6 is 0 Å². The summed E-state index contributed by atoms with van der Waals surface area (Å²) >= 11 is 0. The van der Waals surface area contributed by atoms with Crippen molar-refractivity contribution >= 4 is 17.7 Å². The Morgan fingerprint density at radius 3 is 2.48 bits per heavy atom. The SMILES string of the molecule is COC(=O)[C@H](CC(C)C)NC(=O)Nc1cc(C)ccc1C. The van der Waals surface area contributed by atoms with E-state index in [4.69, 9.17) is 4.74 Å². The number of esters is 1. The molecule has 21 heavy (non-hydrogen) atoms. The van der Waals surface area contributed by atoms with Crippen LogP contribution in [-0.2, 0) is 9.53 Å². The molecule has 0 aliphatic heterocycles. The van der Waals surface area contributed by atoms with E-state index in [1.807, 2.05) is 45.9 Å². The third-order valence-electron chi connectivity index (χ3n) is 3.14. The number of amides is 2. The van der Waals surface area contributed by atoms with Gasteiger partial charge in [0.2, 0.25) is 0 Å². The van der Waals surface area contributed by atoms with E-state index in [-0.39, 0.29) is 5.92 Å². The largest absolute Gasteiger partial charge is 0.467 e. The molecule has 0 radical (unpaired) electrons. The van der Waals surface area contributed by atoms with Crippen molar-refractivity contribution in [2.45, 2.75) is 40.2 Å². The molecule has 0 aliphatic carbocycles. The van der Waals surface area contributed by atoms with Crippen LogP contribution < -0.4 is 10.6 Å². The molecule has 5 heteroatoms. The summed E-state index contributed by atoms with van der Waals surface area (Å²) in [4.78, 5) is 23.7. The molecule has 0 saturated carbocycles. The van der Waals surface area contributed by atoms with Crippen LogP contribution in [0.5, 0.6) is 0 Å². The zero-order valence-corrected chi connectivity index (χ0v) is 13.3. The molecule has 116 valence electrons. The molecule has 0 saturated heterocycles. The first-order valence-electron chi connectivity index (χ1n) is 7.06. The van der Waals surface area contributed by atoms with E-state index in [1.54, 1.807) is 0 Å². The highest BCUT2D eigenvalue weighted by molar-refractivity contribution is 5.93. The third kappa shape index (κ3) is 5.45. The van der Waals surface area contributed by atoms with Gasteiger partial charge in [0.15, 0.2) is 0 Å². The first kappa shape index (κ1) is 17.0. The van der Waals surface area contributed by atoms with Crippen LogP contribution in [0.4, 0.5) is 10.5 Å². The molecule has 0 unspecified atom stereocenters. The molecule has 0 bridgehead atoms. The predicted molar refractivity (Wildman–Crippen MR) is 83.3 cm³/mol. The monoisotopic (exact) mass is 292 g/mol.